The number of oxazole rings is 1. The Morgan fingerprint density at radius 3 is 2.67 bits per heavy atom. The third-order valence-corrected chi connectivity index (χ3v) is 1.59. The highest BCUT2D eigenvalue weighted by atomic mass is 16.3. The van der Waals surface area contributed by atoms with Crippen molar-refractivity contribution in [1.29, 1.82) is 0 Å². The number of pyridine rings is 1. The maximum Gasteiger partial charge on any atom is 0.198 e. The van der Waals surface area contributed by atoms with Crippen LogP contribution in [0.1, 0.15) is 11.5 Å². The number of rotatable bonds is 2. The molecule has 0 aliphatic rings. The van der Waals surface area contributed by atoms with Gasteiger partial charge in [-0.15, -0.1) is 0 Å². The topological polar surface area (TPSA) is 38.9 Å². The molecule has 2 aromatic rings. The lowest BCUT2D eigenvalue weighted by molar-refractivity contribution is 0.507. The zero-order valence-corrected chi connectivity index (χ0v) is 6.47. The molecule has 0 saturated carbocycles. The maximum atomic E-state index is 5.11. The van der Waals surface area contributed by atoms with Crippen molar-refractivity contribution in [2.45, 2.75) is 6.42 Å². The molecule has 0 aromatic carbocycles. The van der Waals surface area contributed by atoms with Gasteiger partial charge in [-0.05, 0) is 17.7 Å². The van der Waals surface area contributed by atoms with Gasteiger partial charge in [-0.25, -0.2) is 4.98 Å². The second-order valence-electron chi connectivity index (χ2n) is 2.46. The molecule has 3 nitrogen and oxygen atoms in total. The normalized spacial score (nSPS) is 10.0. The standard InChI is InChI=1S/C9H8N2O/c1-3-10-4-2-8(1)7-9-11-5-6-12-9/h1-6H,7H2. The molecule has 2 aromatic heterocycles. The third kappa shape index (κ3) is 1.50. The van der Waals surface area contributed by atoms with E-state index in [0.29, 0.717) is 0 Å². The molecule has 0 amide bonds. The monoisotopic (exact) mass is 160 g/mol. The summed E-state index contributed by atoms with van der Waals surface area (Å²) in [6, 6.07) is 3.90. The first-order chi connectivity index (χ1) is 5.95. The highest BCUT2D eigenvalue weighted by molar-refractivity contribution is 5.13. The van der Waals surface area contributed by atoms with Crippen molar-refractivity contribution in [2.75, 3.05) is 0 Å². The minimum atomic E-state index is 0.732. The fraction of sp³-hybridized carbons (Fsp3) is 0.111. The maximum absolute atomic E-state index is 5.11. The molecular weight excluding hydrogens is 152 g/mol. The number of hydrogen-bond donors (Lipinski definition) is 0. The number of aromatic nitrogens is 2. The van der Waals surface area contributed by atoms with Gasteiger partial charge in [0.1, 0.15) is 6.26 Å². The first-order valence-electron chi connectivity index (χ1n) is 3.72. The second-order valence-corrected chi connectivity index (χ2v) is 2.46. The van der Waals surface area contributed by atoms with Gasteiger partial charge >= 0.3 is 0 Å². The first-order valence-corrected chi connectivity index (χ1v) is 3.72. The molecule has 0 saturated heterocycles. The van der Waals surface area contributed by atoms with Crippen LogP contribution in [0.25, 0.3) is 0 Å². The van der Waals surface area contributed by atoms with Crippen molar-refractivity contribution >= 4 is 0 Å². The first kappa shape index (κ1) is 7.03. The average Bonchev–Trinajstić information content (AvgIpc) is 2.59. The summed E-state index contributed by atoms with van der Waals surface area (Å²) in [6.45, 7) is 0. The van der Waals surface area contributed by atoms with Gasteiger partial charge in [0.05, 0.1) is 6.20 Å². The SMILES string of the molecule is c1cc(Cc2ncco2)ccn1. The smallest absolute Gasteiger partial charge is 0.198 e. The average molecular weight is 160 g/mol. The largest absolute Gasteiger partial charge is 0.449 e. The fourth-order valence-corrected chi connectivity index (χ4v) is 1.02. The molecular formula is C9H8N2O. The molecule has 3 heteroatoms. The van der Waals surface area contributed by atoms with E-state index < -0.39 is 0 Å². The molecule has 2 heterocycles. The molecule has 0 spiro atoms. The van der Waals surface area contributed by atoms with Crippen LogP contribution in [0.2, 0.25) is 0 Å². The van der Waals surface area contributed by atoms with E-state index in [1.165, 1.54) is 0 Å². The van der Waals surface area contributed by atoms with E-state index in [9.17, 15) is 0 Å². The Labute approximate surface area is 70.1 Å². The summed E-state index contributed by atoms with van der Waals surface area (Å²) in [6.07, 6.45) is 7.49. The Bertz CT molecular complexity index is 329. The second kappa shape index (κ2) is 3.17. The van der Waals surface area contributed by atoms with Crippen LogP contribution in [0.15, 0.2) is 41.4 Å². The summed E-state index contributed by atoms with van der Waals surface area (Å²) < 4.78 is 5.11. The van der Waals surface area contributed by atoms with Crippen molar-refractivity contribution < 1.29 is 4.42 Å². The number of hydrogen-bond acceptors (Lipinski definition) is 3. The Morgan fingerprint density at radius 1 is 1.17 bits per heavy atom. The van der Waals surface area contributed by atoms with Gasteiger partial charge in [0.15, 0.2) is 5.89 Å². The van der Waals surface area contributed by atoms with Crippen molar-refractivity contribution in [3.8, 4) is 0 Å². The Hall–Kier alpha value is -1.64. The van der Waals surface area contributed by atoms with E-state index in [1.807, 2.05) is 12.1 Å². The predicted molar refractivity (Wildman–Crippen MR) is 43.5 cm³/mol. The van der Waals surface area contributed by atoms with Gasteiger partial charge in [0, 0.05) is 18.8 Å². The molecule has 0 N–H and O–H groups in total. The summed E-state index contributed by atoms with van der Waals surface area (Å²) in [5.74, 6) is 0.737. The summed E-state index contributed by atoms with van der Waals surface area (Å²) in [5.41, 5.74) is 1.16. The summed E-state index contributed by atoms with van der Waals surface area (Å²) in [5, 5.41) is 0. The Kier molecular flexibility index (Phi) is 1.86. The molecule has 60 valence electrons. The molecule has 12 heavy (non-hydrogen) atoms. The van der Waals surface area contributed by atoms with Crippen LogP contribution >= 0.6 is 0 Å². The van der Waals surface area contributed by atoms with Crippen LogP contribution in [-0.4, -0.2) is 9.97 Å². The third-order valence-electron chi connectivity index (χ3n) is 1.59. The van der Waals surface area contributed by atoms with Crippen molar-refractivity contribution in [1.82, 2.24) is 9.97 Å². The van der Waals surface area contributed by atoms with Gasteiger partial charge in [-0.1, -0.05) is 0 Å². The lowest BCUT2D eigenvalue weighted by Crippen LogP contribution is -1.87. The minimum Gasteiger partial charge on any atom is -0.449 e. The minimum absolute atomic E-state index is 0.732. The molecule has 0 unspecified atom stereocenters. The van der Waals surface area contributed by atoms with Crippen LogP contribution in [0.3, 0.4) is 0 Å². The summed E-state index contributed by atoms with van der Waals surface area (Å²) in [4.78, 5) is 7.95. The Morgan fingerprint density at radius 2 is 2.00 bits per heavy atom. The van der Waals surface area contributed by atoms with E-state index >= 15 is 0 Å². The van der Waals surface area contributed by atoms with Gasteiger partial charge < -0.3 is 4.42 Å². The molecule has 0 atom stereocenters. The zero-order chi connectivity index (χ0) is 8.23. The quantitative estimate of drug-likeness (QED) is 0.670. The summed E-state index contributed by atoms with van der Waals surface area (Å²) >= 11 is 0. The van der Waals surface area contributed by atoms with E-state index in [-0.39, 0.29) is 0 Å². The van der Waals surface area contributed by atoms with Crippen LogP contribution in [0, 0.1) is 0 Å². The molecule has 0 fully saturated rings. The molecule has 0 radical (unpaired) electrons. The summed E-state index contributed by atoms with van der Waals surface area (Å²) in [7, 11) is 0. The zero-order valence-electron chi connectivity index (χ0n) is 6.47. The number of nitrogens with zero attached hydrogens (tertiary/aromatic N) is 2. The van der Waals surface area contributed by atoms with E-state index in [4.69, 9.17) is 4.42 Å². The molecule has 0 aliphatic heterocycles. The van der Waals surface area contributed by atoms with Gasteiger partial charge in [0.25, 0.3) is 0 Å². The van der Waals surface area contributed by atoms with Crippen molar-refractivity contribution in [2.24, 2.45) is 0 Å². The molecule has 0 bridgehead atoms. The van der Waals surface area contributed by atoms with Gasteiger partial charge in [-0.2, -0.15) is 0 Å². The van der Waals surface area contributed by atoms with Crippen LogP contribution < -0.4 is 0 Å². The van der Waals surface area contributed by atoms with Gasteiger partial charge in [-0.3, -0.25) is 4.98 Å². The van der Waals surface area contributed by atoms with Crippen molar-refractivity contribution in [3.05, 3.63) is 48.4 Å². The van der Waals surface area contributed by atoms with Crippen LogP contribution in [0.5, 0.6) is 0 Å². The van der Waals surface area contributed by atoms with E-state index in [0.717, 1.165) is 17.9 Å². The lowest BCUT2D eigenvalue weighted by atomic mass is 10.2. The van der Waals surface area contributed by atoms with E-state index in [1.54, 1.807) is 24.9 Å². The van der Waals surface area contributed by atoms with Gasteiger partial charge in [0.2, 0.25) is 0 Å². The van der Waals surface area contributed by atoms with Crippen molar-refractivity contribution in [3.63, 3.8) is 0 Å². The highest BCUT2D eigenvalue weighted by Gasteiger charge is 1.97. The fourth-order valence-electron chi connectivity index (χ4n) is 1.02. The molecule has 2 rings (SSSR count). The lowest BCUT2D eigenvalue weighted by Gasteiger charge is -1.94. The predicted octanol–water partition coefficient (Wildman–Crippen LogP) is 1.66. The Balaban J connectivity index is 2.15. The van der Waals surface area contributed by atoms with E-state index in [2.05, 4.69) is 9.97 Å². The highest BCUT2D eigenvalue weighted by Crippen LogP contribution is 2.04. The van der Waals surface area contributed by atoms with Crippen LogP contribution in [-0.2, 0) is 6.42 Å². The van der Waals surface area contributed by atoms with Crippen LogP contribution in [0.4, 0.5) is 0 Å². The molecule has 0 aliphatic carbocycles.